The number of amides is 1. The Morgan fingerprint density at radius 2 is 2.08 bits per heavy atom. The number of piperidine rings is 1. The second-order valence-electron chi connectivity index (χ2n) is 6.64. The highest BCUT2D eigenvalue weighted by molar-refractivity contribution is 5.92. The van der Waals surface area contributed by atoms with Gasteiger partial charge in [-0.3, -0.25) is 9.78 Å². The molecule has 134 valence electrons. The minimum Gasteiger partial charge on any atom is -0.438 e. The average molecular weight is 346 g/mol. The zero-order valence-electron chi connectivity index (χ0n) is 14.6. The molecule has 0 radical (unpaired) electrons. The first-order valence-electron chi connectivity index (χ1n) is 8.47. The molecule has 1 fully saturated rings. The Bertz CT molecular complexity index is 721. The molecule has 3 rings (SSSR count). The minimum absolute atomic E-state index is 0.214. The van der Waals surface area contributed by atoms with Crippen molar-refractivity contribution >= 4 is 5.91 Å². The highest BCUT2D eigenvalue weighted by Crippen LogP contribution is 2.27. The van der Waals surface area contributed by atoms with Gasteiger partial charge in [0.1, 0.15) is 5.67 Å². The summed E-state index contributed by atoms with van der Waals surface area (Å²) in [6.07, 6.45) is 3.67. The second kappa shape index (κ2) is 7.31. The van der Waals surface area contributed by atoms with E-state index in [-0.39, 0.29) is 18.2 Å². The van der Waals surface area contributed by atoms with Crippen LogP contribution in [0.4, 0.5) is 4.39 Å². The molecular formula is C18H23FN4O2. The molecule has 0 atom stereocenters. The topological polar surface area (TPSA) is 71.3 Å². The van der Waals surface area contributed by atoms with E-state index in [1.54, 1.807) is 18.0 Å². The number of pyridine rings is 1. The van der Waals surface area contributed by atoms with Crippen molar-refractivity contribution < 1.29 is 13.6 Å². The Labute approximate surface area is 146 Å². The summed E-state index contributed by atoms with van der Waals surface area (Å²) in [5.74, 6) is 0.0313. The van der Waals surface area contributed by atoms with Crippen LogP contribution in [0.1, 0.15) is 40.3 Å². The Hall–Kier alpha value is -2.28. The van der Waals surface area contributed by atoms with Crippen LogP contribution in [-0.2, 0) is 6.54 Å². The van der Waals surface area contributed by atoms with Gasteiger partial charge < -0.3 is 14.6 Å². The molecule has 0 aromatic carbocycles. The molecule has 1 amide bonds. The number of nitrogens with zero attached hydrogens (tertiary/aromatic N) is 3. The summed E-state index contributed by atoms with van der Waals surface area (Å²) >= 11 is 0. The fourth-order valence-corrected chi connectivity index (χ4v) is 2.96. The Morgan fingerprint density at radius 3 is 2.68 bits per heavy atom. The Kier molecular flexibility index (Phi) is 5.13. The van der Waals surface area contributed by atoms with Crippen LogP contribution in [0.25, 0.3) is 0 Å². The third-order valence-corrected chi connectivity index (χ3v) is 4.61. The van der Waals surface area contributed by atoms with E-state index in [4.69, 9.17) is 4.42 Å². The third-order valence-electron chi connectivity index (χ3n) is 4.61. The summed E-state index contributed by atoms with van der Waals surface area (Å²) in [5.41, 5.74) is 1.25. The standard InChI is InChI=1S/C18H23FN4O2/c1-13-3-4-15(21-9-13)10-20-11-18(19)5-7-23(8-6-18)17(24)16-14(2)22-12-25-16/h3-4,9,12,20H,5-8,10-11H2,1-2H3. The lowest BCUT2D eigenvalue weighted by Crippen LogP contribution is -2.48. The second-order valence-corrected chi connectivity index (χ2v) is 6.64. The van der Waals surface area contributed by atoms with Gasteiger partial charge in [0.2, 0.25) is 5.76 Å². The first-order valence-corrected chi connectivity index (χ1v) is 8.47. The number of hydrogen-bond donors (Lipinski definition) is 1. The molecule has 0 bridgehead atoms. The van der Waals surface area contributed by atoms with Crippen LogP contribution < -0.4 is 5.32 Å². The SMILES string of the molecule is Cc1ccc(CNCC2(F)CCN(C(=O)c3ocnc3C)CC2)nc1. The maximum absolute atomic E-state index is 14.9. The predicted molar refractivity (Wildman–Crippen MR) is 90.9 cm³/mol. The van der Waals surface area contributed by atoms with Gasteiger partial charge in [0.15, 0.2) is 6.39 Å². The molecular weight excluding hydrogens is 323 g/mol. The fraction of sp³-hybridized carbons (Fsp3) is 0.500. The van der Waals surface area contributed by atoms with Gasteiger partial charge in [-0.1, -0.05) is 6.07 Å². The van der Waals surface area contributed by atoms with Crippen LogP contribution in [0.5, 0.6) is 0 Å². The van der Waals surface area contributed by atoms with Crippen LogP contribution in [0.15, 0.2) is 29.1 Å². The number of carbonyl (C=O) groups excluding carboxylic acids is 1. The Morgan fingerprint density at radius 1 is 1.32 bits per heavy atom. The number of nitrogens with one attached hydrogen (secondary N) is 1. The molecule has 0 saturated carbocycles. The van der Waals surface area contributed by atoms with Crippen molar-refractivity contribution in [3.63, 3.8) is 0 Å². The number of oxazole rings is 1. The van der Waals surface area contributed by atoms with Crippen molar-refractivity contribution in [2.24, 2.45) is 0 Å². The van der Waals surface area contributed by atoms with E-state index in [2.05, 4.69) is 15.3 Å². The van der Waals surface area contributed by atoms with Gasteiger partial charge in [-0.2, -0.15) is 0 Å². The van der Waals surface area contributed by atoms with Crippen molar-refractivity contribution in [2.75, 3.05) is 19.6 Å². The van der Waals surface area contributed by atoms with E-state index in [0.29, 0.717) is 38.2 Å². The van der Waals surface area contributed by atoms with Crippen LogP contribution in [0.2, 0.25) is 0 Å². The molecule has 1 aliphatic rings. The quantitative estimate of drug-likeness (QED) is 0.900. The number of hydrogen-bond acceptors (Lipinski definition) is 5. The number of aryl methyl sites for hydroxylation is 2. The van der Waals surface area contributed by atoms with Crippen LogP contribution in [-0.4, -0.2) is 46.1 Å². The molecule has 0 unspecified atom stereocenters. The highest BCUT2D eigenvalue weighted by atomic mass is 19.1. The van der Waals surface area contributed by atoms with Crippen molar-refractivity contribution in [1.82, 2.24) is 20.2 Å². The number of rotatable bonds is 5. The maximum atomic E-state index is 14.9. The number of alkyl halides is 1. The third kappa shape index (κ3) is 4.22. The largest absolute Gasteiger partial charge is 0.438 e. The molecule has 1 N–H and O–H groups in total. The summed E-state index contributed by atoms with van der Waals surface area (Å²) < 4.78 is 20.1. The average Bonchev–Trinajstić information content (AvgIpc) is 3.03. The minimum atomic E-state index is -1.31. The zero-order valence-corrected chi connectivity index (χ0v) is 14.6. The van der Waals surface area contributed by atoms with E-state index in [0.717, 1.165) is 11.3 Å². The molecule has 7 heteroatoms. The normalized spacial score (nSPS) is 16.8. The summed E-state index contributed by atoms with van der Waals surface area (Å²) in [6.45, 7) is 5.25. The first-order chi connectivity index (χ1) is 12.0. The molecule has 1 aliphatic heterocycles. The summed E-state index contributed by atoms with van der Waals surface area (Å²) in [4.78, 5) is 22.2. The summed E-state index contributed by atoms with van der Waals surface area (Å²) in [6, 6.07) is 3.93. The lowest BCUT2D eigenvalue weighted by molar-refractivity contribution is 0.0411. The number of halogens is 1. The van der Waals surface area contributed by atoms with Gasteiger partial charge >= 0.3 is 0 Å². The van der Waals surface area contributed by atoms with E-state index in [1.165, 1.54) is 6.39 Å². The molecule has 0 aliphatic carbocycles. The lowest BCUT2D eigenvalue weighted by atomic mass is 9.93. The predicted octanol–water partition coefficient (Wildman–Crippen LogP) is 2.42. The van der Waals surface area contributed by atoms with Crippen molar-refractivity contribution in [3.8, 4) is 0 Å². The molecule has 0 spiro atoms. The first kappa shape index (κ1) is 17.5. The summed E-state index contributed by atoms with van der Waals surface area (Å²) in [5, 5.41) is 3.14. The monoisotopic (exact) mass is 346 g/mol. The van der Waals surface area contributed by atoms with Gasteiger partial charge in [-0.15, -0.1) is 0 Å². The van der Waals surface area contributed by atoms with Gasteiger partial charge in [0.05, 0.1) is 11.4 Å². The lowest BCUT2D eigenvalue weighted by Gasteiger charge is -2.36. The number of aromatic nitrogens is 2. The van der Waals surface area contributed by atoms with Gasteiger partial charge in [0.25, 0.3) is 5.91 Å². The van der Waals surface area contributed by atoms with E-state index >= 15 is 0 Å². The number of carbonyl (C=O) groups is 1. The Balaban J connectivity index is 1.48. The number of likely N-dealkylation sites (tertiary alicyclic amines) is 1. The maximum Gasteiger partial charge on any atom is 0.291 e. The molecule has 1 saturated heterocycles. The van der Waals surface area contributed by atoms with Crippen molar-refractivity contribution in [3.05, 3.63) is 47.4 Å². The van der Waals surface area contributed by atoms with E-state index in [9.17, 15) is 9.18 Å². The van der Waals surface area contributed by atoms with Gasteiger partial charge in [-0.25, -0.2) is 9.37 Å². The zero-order chi connectivity index (χ0) is 17.9. The molecule has 2 aromatic heterocycles. The van der Waals surface area contributed by atoms with Crippen LogP contribution in [0, 0.1) is 13.8 Å². The summed E-state index contributed by atoms with van der Waals surface area (Å²) in [7, 11) is 0. The smallest absolute Gasteiger partial charge is 0.291 e. The molecule has 3 heterocycles. The fourth-order valence-electron chi connectivity index (χ4n) is 2.96. The van der Waals surface area contributed by atoms with Gasteiger partial charge in [0, 0.05) is 45.2 Å². The molecule has 2 aromatic rings. The van der Waals surface area contributed by atoms with E-state index < -0.39 is 5.67 Å². The molecule has 25 heavy (non-hydrogen) atoms. The van der Waals surface area contributed by atoms with Crippen LogP contribution >= 0.6 is 0 Å². The van der Waals surface area contributed by atoms with Crippen molar-refractivity contribution in [1.29, 1.82) is 0 Å². The van der Waals surface area contributed by atoms with Gasteiger partial charge in [-0.05, 0) is 25.5 Å². The van der Waals surface area contributed by atoms with Crippen molar-refractivity contribution in [2.45, 2.75) is 38.9 Å². The highest BCUT2D eigenvalue weighted by Gasteiger charge is 2.36. The molecule has 6 nitrogen and oxygen atoms in total. The van der Waals surface area contributed by atoms with Crippen LogP contribution in [0.3, 0.4) is 0 Å². The van der Waals surface area contributed by atoms with E-state index in [1.807, 2.05) is 19.1 Å².